The molecule has 2 aromatic rings. The van der Waals surface area contributed by atoms with Crippen LogP contribution in [0.3, 0.4) is 0 Å². The van der Waals surface area contributed by atoms with Gasteiger partial charge in [-0.25, -0.2) is 0 Å². The third kappa shape index (κ3) is 1.76. The minimum Gasteiger partial charge on any atom is -0.325 e. The van der Waals surface area contributed by atoms with Gasteiger partial charge in [0.15, 0.2) is 0 Å². The Hall–Kier alpha value is -1.19. The second-order valence-corrected chi connectivity index (χ2v) is 3.51. The van der Waals surface area contributed by atoms with Gasteiger partial charge in [0.05, 0.1) is 11.4 Å². The number of thiophene rings is 1. The number of nitrogens with zero attached hydrogens (tertiary/aromatic N) is 1. The summed E-state index contributed by atoms with van der Waals surface area (Å²) in [7, 11) is 0. The molecule has 2 nitrogen and oxygen atoms in total. The van der Waals surface area contributed by atoms with Gasteiger partial charge in [0, 0.05) is 17.5 Å². The number of hydrogen-bond donors (Lipinski definition) is 1. The standard InChI is InChI=1S/C10H10N2S/c11-6-9-2-1-3-10(12-9)8-4-5-13-7-8/h1-5,7H,6,11H2. The Bertz CT molecular complexity index is 382. The fraction of sp³-hybridized carbons (Fsp3) is 0.100. The van der Waals surface area contributed by atoms with Crippen molar-refractivity contribution in [3.05, 3.63) is 40.7 Å². The highest BCUT2D eigenvalue weighted by molar-refractivity contribution is 7.08. The molecule has 2 heterocycles. The molecule has 0 aliphatic heterocycles. The van der Waals surface area contributed by atoms with E-state index in [-0.39, 0.29) is 0 Å². The van der Waals surface area contributed by atoms with Crippen LogP contribution in [0, 0.1) is 0 Å². The van der Waals surface area contributed by atoms with E-state index in [4.69, 9.17) is 5.73 Å². The zero-order chi connectivity index (χ0) is 9.10. The third-order valence-corrected chi connectivity index (χ3v) is 2.52. The van der Waals surface area contributed by atoms with Gasteiger partial charge < -0.3 is 5.73 Å². The molecule has 13 heavy (non-hydrogen) atoms. The molecule has 0 unspecified atom stereocenters. The van der Waals surface area contributed by atoms with Gasteiger partial charge in [-0.05, 0) is 23.6 Å². The molecule has 0 saturated heterocycles. The molecule has 0 aliphatic carbocycles. The minimum atomic E-state index is 0.498. The number of pyridine rings is 1. The monoisotopic (exact) mass is 190 g/mol. The minimum absolute atomic E-state index is 0.498. The molecule has 0 aromatic carbocycles. The molecular weight excluding hydrogens is 180 g/mol. The molecule has 0 fully saturated rings. The van der Waals surface area contributed by atoms with Crippen LogP contribution in [0.2, 0.25) is 0 Å². The predicted molar refractivity (Wildman–Crippen MR) is 55.4 cm³/mol. The summed E-state index contributed by atoms with van der Waals surface area (Å²) in [4.78, 5) is 4.42. The summed E-state index contributed by atoms with van der Waals surface area (Å²) < 4.78 is 0. The van der Waals surface area contributed by atoms with Gasteiger partial charge in [0.1, 0.15) is 0 Å². The highest BCUT2D eigenvalue weighted by Crippen LogP contribution is 2.19. The quantitative estimate of drug-likeness (QED) is 0.789. The van der Waals surface area contributed by atoms with Gasteiger partial charge in [-0.2, -0.15) is 11.3 Å². The Labute approximate surface area is 81.1 Å². The van der Waals surface area contributed by atoms with Crippen LogP contribution in [0.25, 0.3) is 11.3 Å². The largest absolute Gasteiger partial charge is 0.325 e. The van der Waals surface area contributed by atoms with Crippen LogP contribution in [-0.4, -0.2) is 4.98 Å². The number of aromatic nitrogens is 1. The summed E-state index contributed by atoms with van der Waals surface area (Å²) in [5.41, 5.74) is 8.62. The van der Waals surface area contributed by atoms with Crippen LogP contribution in [0.1, 0.15) is 5.69 Å². The normalized spacial score (nSPS) is 10.2. The van der Waals surface area contributed by atoms with Gasteiger partial charge in [0.25, 0.3) is 0 Å². The van der Waals surface area contributed by atoms with Gasteiger partial charge in [-0.15, -0.1) is 0 Å². The predicted octanol–water partition coefficient (Wildman–Crippen LogP) is 2.27. The molecule has 0 aliphatic rings. The van der Waals surface area contributed by atoms with E-state index in [2.05, 4.69) is 16.4 Å². The third-order valence-electron chi connectivity index (χ3n) is 1.83. The Morgan fingerprint density at radius 1 is 1.31 bits per heavy atom. The first-order valence-electron chi connectivity index (χ1n) is 4.09. The fourth-order valence-corrected chi connectivity index (χ4v) is 1.81. The zero-order valence-electron chi connectivity index (χ0n) is 7.10. The van der Waals surface area contributed by atoms with Crippen molar-refractivity contribution in [1.82, 2.24) is 4.98 Å². The molecule has 0 spiro atoms. The van der Waals surface area contributed by atoms with Crippen molar-refractivity contribution >= 4 is 11.3 Å². The van der Waals surface area contributed by atoms with E-state index >= 15 is 0 Å². The van der Waals surface area contributed by atoms with Crippen molar-refractivity contribution in [3.63, 3.8) is 0 Å². The average molecular weight is 190 g/mol. The smallest absolute Gasteiger partial charge is 0.0714 e. The van der Waals surface area contributed by atoms with Gasteiger partial charge >= 0.3 is 0 Å². The lowest BCUT2D eigenvalue weighted by atomic mass is 10.2. The molecule has 3 heteroatoms. The Morgan fingerprint density at radius 2 is 2.23 bits per heavy atom. The van der Waals surface area contributed by atoms with Crippen LogP contribution in [0.15, 0.2) is 35.0 Å². The average Bonchev–Trinajstić information content (AvgIpc) is 2.71. The molecule has 2 N–H and O–H groups in total. The molecule has 2 rings (SSSR count). The summed E-state index contributed by atoms with van der Waals surface area (Å²) in [6.07, 6.45) is 0. The van der Waals surface area contributed by atoms with Crippen LogP contribution in [0.4, 0.5) is 0 Å². The SMILES string of the molecule is NCc1cccc(-c2ccsc2)n1. The molecule has 0 bridgehead atoms. The highest BCUT2D eigenvalue weighted by Gasteiger charge is 1.99. The number of nitrogens with two attached hydrogens (primary N) is 1. The van der Waals surface area contributed by atoms with E-state index in [0.29, 0.717) is 6.54 Å². The lowest BCUT2D eigenvalue weighted by molar-refractivity contribution is 0.994. The van der Waals surface area contributed by atoms with Crippen molar-refractivity contribution in [2.45, 2.75) is 6.54 Å². The molecule has 66 valence electrons. The molecule has 0 atom stereocenters. The van der Waals surface area contributed by atoms with Gasteiger partial charge in [-0.3, -0.25) is 4.98 Å². The number of hydrogen-bond acceptors (Lipinski definition) is 3. The maximum Gasteiger partial charge on any atom is 0.0714 e. The molecule has 2 aromatic heterocycles. The van der Waals surface area contributed by atoms with Crippen molar-refractivity contribution in [3.8, 4) is 11.3 Å². The van der Waals surface area contributed by atoms with Crippen LogP contribution in [-0.2, 0) is 6.54 Å². The van der Waals surface area contributed by atoms with E-state index < -0.39 is 0 Å². The van der Waals surface area contributed by atoms with Crippen LogP contribution < -0.4 is 5.73 Å². The first kappa shape index (κ1) is 8.41. The van der Waals surface area contributed by atoms with Gasteiger partial charge in [-0.1, -0.05) is 6.07 Å². The summed E-state index contributed by atoms with van der Waals surface area (Å²) >= 11 is 1.68. The lowest BCUT2D eigenvalue weighted by Crippen LogP contribution is -1.99. The summed E-state index contributed by atoms with van der Waals surface area (Å²) in [6, 6.07) is 7.99. The maximum absolute atomic E-state index is 5.51. The molecule has 0 radical (unpaired) electrons. The first-order valence-corrected chi connectivity index (χ1v) is 5.03. The zero-order valence-corrected chi connectivity index (χ0v) is 7.92. The van der Waals surface area contributed by atoms with Crippen molar-refractivity contribution < 1.29 is 0 Å². The second-order valence-electron chi connectivity index (χ2n) is 2.73. The molecular formula is C10H10N2S. The van der Waals surface area contributed by atoms with E-state index in [1.807, 2.05) is 23.6 Å². The summed E-state index contributed by atoms with van der Waals surface area (Å²) in [5.74, 6) is 0. The summed E-state index contributed by atoms with van der Waals surface area (Å²) in [6.45, 7) is 0.498. The molecule has 0 saturated carbocycles. The van der Waals surface area contributed by atoms with E-state index in [1.54, 1.807) is 11.3 Å². The first-order chi connectivity index (χ1) is 6.40. The van der Waals surface area contributed by atoms with Crippen molar-refractivity contribution in [2.24, 2.45) is 5.73 Å². The second kappa shape index (κ2) is 3.68. The van der Waals surface area contributed by atoms with Crippen molar-refractivity contribution in [1.29, 1.82) is 0 Å². The van der Waals surface area contributed by atoms with Crippen LogP contribution >= 0.6 is 11.3 Å². The number of rotatable bonds is 2. The Kier molecular flexibility index (Phi) is 2.38. The van der Waals surface area contributed by atoms with Gasteiger partial charge in [0.2, 0.25) is 0 Å². The molecule has 0 amide bonds. The fourth-order valence-electron chi connectivity index (χ4n) is 1.16. The highest BCUT2D eigenvalue weighted by atomic mass is 32.1. The topological polar surface area (TPSA) is 38.9 Å². The van der Waals surface area contributed by atoms with Crippen molar-refractivity contribution in [2.75, 3.05) is 0 Å². The van der Waals surface area contributed by atoms with E-state index in [9.17, 15) is 0 Å². The Balaban J connectivity index is 2.41. The lowest BCUT2D eigenvalue weighted by Gasteiger charge is -1.99. The Morgan fingerprint density at radius 3 is 2.92 bits per heavy atom. The summed E-state index contributed by atoms with van der Waals surface area (Å²) in [5, 5.41) is 4.13. The maximum atomic E-state index is 5.51. The van der Waals surface area contributed by atoms with E-state index in [0.717, 1.165) is 11.4 Å². The van der Waals surface area contributed by atoms with E-state index in [1.165, 1.54) is 5.56 Å². The van der Waals surface area contributed by atoms with Crippen LogP contribution in [0.5, 0.6) is 0 Å².